The highest BCUT2D eigenvalue weighted by molar-refractivity contribution is 7.89. The summed E-state index contributed by atoms with van der Waals surface area (Å²) in [6, 6.07) is 5.41. The number of aliphatic carboxylic acids is 1. The molecule has 0 aromatic heterocycles. The zero-order valence-electron chi connectivity index (χ0n) is 13.0. The van der Waals surface area contributed by atoms with Gasteiger partial charge in [0.2, 0.25) is 10.0 Å². The Morgan fingerprint density at radius 2 is 1.78 bits per heavy atom. The lowest BCUT2D eigenvalue weighted by molar-refractivity contribution is -0.140. The van der Waals surface area contributed by atoms with Gasteiger partial charge in [-0.1, -0.05) is 13.8 Å². The van der Waals surface area contributed by atoms with Crippen molar-refractivity contribution in [3.8, 4) is 0 Å². The first-order chi connectivity index (χ1) is 10.7. The van der Waals surface area contributed by atoms with Crippen LogP contribution in [0.4, 0.5) is 0 Å². The summed E-state index contributed by atoms with van der Waals surface area (Å²) in [7, 11) is -3.61. The SMILES string of the molecule is CC(C)CNS(=O)(=O)c1ccc(C(=O)NC2(C(=O)O)CC2)cc1. The molecule has 0 saturated heterocycles. The third kappa shape index (κ3) is 4.08. The van der Waals surface area contributed by atoms with Crippen LogP contribution in [0.1, 0.15) is 37.0 Å². The molecule has 1 fully saturated rings. The number of carboxylic acids is 1. The second kappa shape index (κ2) is 6.29. The Hall–Kier alpha value is -1.93. The molecule has 0 spiro atoms. The van der Waals surface area contributed by atoms with E-state index in [0.29, 0.717) is 19.4 Å². The first-order valence-electron chi connectivity index (χ1n) is 7.32. The molecule has 3 N–H and O–H groups in total. The zero-order chi connectivity index (χ0) is 17.3. The van der Waals surface area contributed by atoms with Gasteiger partial charge in [0, 0.05) is 12.1 Å². The molecule has 1 amide bonds. The summed E-state index contributed by atoms with van der Waals surface area (Å²) in [6.07, 6.45) is 0.805. The van der Waals surface area contributed by atoms with Gasteiger partial charge >= 0.3 is 5.97 Å². The molecule has 1 aliphatic rings. The van der Waals surface area contributed by atoms with Crippen LogP contribution in [0.2, 0.25) is 0 Å². The van der Waals surface area contributed by atoms with Gasteiger partial charge < -0.3 is 10.4 Å². The molecule has 1 aromatic rings. The van der Waals surface area contributed by atoms with Gasteiger partial charge in [0.05, 0.1) is 4.90 Å². The van der Waals surface area contributed by atoms with Crippen molar-refractivity contribution >= 4 is 21.9 Å². The molecule has 0 unspecified atom stereocenters. The summed E-state index contributed by atoms with van der Waals surface area (Å²) >= 11 is 0. The molecule has 1 saturated carbocycles. The number of sulfonamides is 1. The number of nitrogens with one attached hydrogen (secondary N) is 2. The van der Waals surface area contributed by atoms with Gasteiger partial charge in [-0.15, -0.1) is 0 Å². The molecule has 1 aromatic carbocycles. The lowest BCUT2D eigenvalue weighted by atomic mass is 10.2. The molecule has 8 heteroatoms. The minimum absolute atomic E-state index is 0.0640. The highest BCUT2D eigenvalue weighted by atomic mass is 32.2. The van der Waals surface area contributed by atoms with Gasteiger partial charge in [-0.3, -0.25) is 4.79 Å². The Labute approximate surface area is 135 Å². The topological polar surface area (TPSA) is 113 Å². The van der Waals surface area contributed by atoms with Gasteiger partial charge in [-0.25, -0.2) is 17.9 Å². The van der Waals surface area contributed by atoms with Crippen molar-refractivity contribution in [1.82, 2.24) is 10.0 Å². The minimum atomic E-state index is -3.61. The first-order valence-corrected chi connectivity index (χ1v) is 8.80. The molecular weight excluding hydrogens is 320 g/mol. The Bertz CT molecular complexity index is 706. The van der Waals surface area contributed by atoms with Crippen LogP contribution in [0.3, 0.4) is 0 Å². The molecular formula is C15H20N2O5S. The first kappa shape index (κ1) is 17.4. The van der Waals surface area contributed by atoms with Crippen molar-refractivity contribution in [3.05, 3.63) is 29.8 Å². The van der Waals surface area contributed by atoms with Crippen LogP contribution in [0.5, 0.6) is 0 Å². The number of carboxylic acid groups (broad SMARTS) is 1. The third-order valence-corrected chi connectivity index (χ3v) is 5.06. The fraction of sp³-hybridized carbons (Fsp3) is 0.467. The molecule has 23 heavy (non-hydrogen) atoms. The fourth-order valence-electron chi connectivity index (χ4n) is 1.95. The Morgan fingerprint density at radius 1 is 1.22 bits per heavy atom. The molecule has 2 rings (SSSR count). The van der Waals surface area contributed by atoms with Crippen molar-refractivity contribution < 1.29 is 23.1 Å². The number of rotatable bonds is 7. The molecule has 0 aliphatic heterocycles. The quantitative estimate of drug-likeness (QED) is 0.684. The van der Waals surface area contributed by atoms with Crippen LogP contribution >= 0.6 is 0 Å². The summed E-state index contributed by atoms with van der Waals surface area (Å²) in [6.45, 7) is 4.12. The Balaban J connectivity index is 2.07. The van der Waals surface area contributed by atoms with E-state index in [4.69, 9.17) is 5.11 Å². The maximum absolute atomic E-state index is 12.1. The number of benzene rings is 1. The lowest BCUT2D eigenvalue weighted by Crippen LogP contribution is -2.43. The number of hydrogen-bond acceptors (Lipinski definition) is 4. The van der Waals surface area contributed by atoms with Crippen LogP contribution in [-0.4, -0.2) is 37.5 Å². The summed E-state index contributed by atoms with van der Waals surface area (Å²) < 4.78 is 26.6. The van der Waals surface area contributed by atoms with E-state index < -0.39 is 27.4 Å². The highest BCUT2D eigenvalue weighted by Crippen LogP contribution is 2.35. The van der Waals surface area contributed by atoms with E-state index in [-0.39, 0.29) is 16.4 Å². The Kier molecular flexibility index (Phi) is 4.76. The van der Waals surface area contributed by atoms with E-state index >= 15 is 0 Å². The monoisotopic (exact) mass is 340 g/mol. The van der Waals surface area contributed by atoms with E-state index in [0.717, 1.165) is 0 Å². The standard InChI is InChI=1S/C15H20N2O5S/c1-10(2)9-16-23(21,22)12-5-3-11(4-6-12)13(18)17-15(7-8-15)14(19)20/h3-6,10,16H,7-9H2,1-2H3,(H,17,18)(H,19,20). The Morgan fingerprint density at radius 3 is 2.22 bits per heavy atom. The van der Waals surface area contributed by atoms with Gasteiger partial charge in [-0.05, 0) is 43.0 Å². The predicted molar refractivity (Wildman–Crippen MR) is 83.5 cm³/mol. The van der Waals surface area contributed by atoms with Crippen molar-refractivity contribution in [2.24, 2.45) is 5.92 Å². The predicted octanol–water partition coefficient (Wildman–Crippen LogP) is 0.968. The normalized spacial score (nSPS) is 16.1. The van der Waals surface area contributed by atoms with Crippen molar-refractivity contribution in [2.45, 2.75) is 37.1 Å². The van der Waals surface area contributed by atoms with Gasteiger partial charge in [-0.2, -0.15) is 0 Å². The van der Waals surface area contributed by atoms with E-state index in [1.54, 1.807) is 0 Å². The van der Waals surface area contributed by atoms with Crippen LogP contribution < -0.4 is 10.0 Å². The lowest BCUT2D eigenvalue weighted by Gasteiger charge is -2.13. The largest absolute Gasteiger partial charge is 0.480 e. The van der Waals surface area contributed by atoms with E-state index in [9.17, 15) is 18.0 Å². The smallest absolute Gasteiger partial charge is 0.329 e. The number of amides is 1. The van der Waals surface area contributed by atoms with Gasteiger partial charge in [0.1, 0.15) is 5.54 Å². The van der Waals surface area contributed by atoms with Crippen molar-refractivity contribution in [3.63, 3.8) is 0 Å². The van der Waals surface area contributed by atoms with Crippen LogP contribution in [0.25, 0.3) is 0 Å². The molecule has 0 atom stereocenters. The van der Waals surface area contributed by atoms with Crippen LogP contribution in [0, 0.1) is 5.92 Å². The van der Waals surface area contributed by atoms with E-state index in [1.165, 1.54) is 24.3 Å². The number of carbonyl (C=O) groups excluding carboxylic acids is 1. The maximum atomic E-state index is 12.1. The van der Waals surface area contributed by atoms with Gasteiger partial charge in [0.25, 0.3) is 5.91 Å². The fourth-order valence-corrected chi connectivity index (χ4v) is 3.17. The highest BCUT2D eigenvalue weighted by Gasteiger charge is 2.51. The average molecular weight is 340 g/mol. The molecule has 0 radical (unpaired) electrons. The van der Waals surface area contributed by atoms with E-state index in [1.807, 2.05) is 13.8 Å². The molecule has 126 valence electrons. The maximum Gasteiger partial charge on any atom is 0.329 e. The number of carbonyl (C=O) groups is 2. The summed E-state index contributed by atoms with van der Waals surface area (Å²) in [5.41, 5.74) is -0.943. The van der Waals surface area contributed by atoms with Crippen molar-refractivity contribution in [1.29, 1.82) is 0 Å². The molecule has 0 bridgehead atoms. The minimum Gasteiger partial charge on any atom is -0.480 e. The van der Waals surface area contributed by atoms with Crippen LogP contribution in [0.15, 0.2) is 29.2 Å². The van der Waals surface area contributed by atoms with Crippen LogP contribution in [-0.2, 0) is 14.8 Å². The summed E-state index contributed by atoms with van der Waals surface area (Å²) in [5, 5.41) is 11.5. The number of hydrogen-bond donors (Lipinski definition) is 3. The second-order valence-electron chi connectivity index (χ2n) is 6.11. The van der Waals surface area contributed by atoms with E-state index in [2.05, 4.69) is 10.0 Å². The third-order valence-electron chi connectivity index (χ3n) is 3.62. The molecule has 1 aliphatic carbocycles. The molecule has 0 heterocycles. The van der Waals surface area contributed by atoms with Crippen molar-refractivity contribution in [2.75, 3.05) is 6.54 Å². The zero-order valence-corrected chi connectivity index (χ0v) is 13.8. The summed E-state index contributed by atoms with van der Waals surface area (Å²) in [4.78, 5) is 23.2. The second-order valence-corrected chi connectivity index (χ2v) is 7.88. The van der Waals surface area contributed by atoms with Gasteiger partial charge in [0.15, 0.2) is 0 Å². The molecule has 7 nitrogen and oxygen atoms in total. The summed E-state index contributed by atoms with van der Waals surface area (Å²) in [5.74, 6) is -1.40. The average Bonchev–Trinajstić information content (AvgIpc) is 3.26.